The van der Waals surface area contributed by atoms with Crippen molar-refractivity contribution in [1.29, 1.82) is 0 Å². The van der Waals surface area contributed by atoms with E-state index in [4.69, 9.17) is 17.3 Å². The molecule has 1 aromatic carbocycles. The normalized spacial score (nSPS) is 20.0. The number of nitrogens with two attached hydrogens (primary N) is 1. The second-order valence-electron chi connectivity index (χ2n) is 5.42. The summed E-state index contributed by atoms with van der Waals surface area (Å²) in [6, 6.07) is 3.26. The van der Waals surface area contributed by atoms with Crippen molar-refractivity contribution in [2.75, 3.05) is 25.4 Å². The lowest BCUT2D eigenvalue weighted by Crippen LogP contribution is -2.40. The van der Waals surface area contributed by atoms with Crippen molar-refractivity contribution in [3.8, 4) is 0 Å². The third-order valence-corrected chi connectivity index (χ3v) is 5.91. The maximum absolute atomic E-state index is 12.4. The van der Waals surface area contributed by atoms with Gasteiger partial charge in [0.25, 0.3) is 0 Å². The SMILES string of the molecule is CCN1CCCC1CNS(=O)(=O)c1cc(N)c(C)cc1Cl. The molecule has 2 rings (SSSR count). The van der Waals surface area contributed by atoms with Crippen LogP contribution in [0.15, 0.2) is 17.0 Å². The molecule has 1 atom stereocenters. The molecule has 7 heteroatoms. The zero-order valence-electron chi connectivity index (χ0n) is 12.4. The fourth-order valence-electron chi connectivity index (χ4n) is 2.70. The number of anilines is 1. The Morgan fingerprint density at radius 2 is 2.19 bits per heavy atom. The number of nitrogen functional groups attached to an aromatic ring is 1. The van der Waals surface area contributed by atoms with Crippen molar-refractivity contribution in [2.24, 2.45) is 0 Å². The highest BCUT2D eigenvalue weighted by Crippen LogP contribution is 2.27. The highest BCUT2D eigenvalue weighted by atomic mass is 35.5. The Balaban J connectivity index is 2.14. The lowest BCUT2D eigenvalue weighted by Gasteiger charge is -2.23. The zero-order chi connectivity index (χ0) is 15.6. The molecule has 5 nitrogen and oxygen atoms in total. The van der Waals surface area contributed by atoms with Gasteiger partial charge in [-0.3, -0.25) is 4.90 Å². The van der Waals surface area contributed by atoms with Gasteiger partial charge in [-0.25, -0.2) is 13.1 Å². The molecule has 1 aromatic rings. The van der Waals surface area contributed by atoms with Gasteiger partial charge in [0.05, 0.1) is 5.02 Å². The van der Waals surface area contributed by atoms with Crippen molar-refractivity contribution in [2.45, 2.75) is 37.6 Å². The number of sulfonamides is 1. The molecule has 3 N–H and O–H groups in total. The van der Waals surface area contributed by atoms with Crippen LogP contribution in [0.25, 0.3) is 0 Å². The van der Waals surface area contributed by atoms with Crippen molar-refractivity contribution in [3.05, 3.63) is 22.7 Å². The molecule has 0 bridgehead atoms. The van der Waals surface area contributed by atoms with Crippen molar-refractivity contribution < 1.29 is 8.42 Å². The van der Waals surface area contributed by atoms with Crippen molar-refractivity contribution in [1.82, 2.24) is 9.62 Å². The Kier molecular flexibility index (Phi) is 5.14. The lowest BCUT2D eigenvalue weighted by atomic mass is 10.2. The van der Waals surface area contributed by atoms with E-state index in [9.17, 15) is 8.42 Å². The lowest BCUT2D eigenvalue weighted by molar-refractivity contribution is 0.268. The molecule has 1 fully saturated rings. The number of hydrogen-bond donors (Lipinski definition) is 2. The summed E-state index contributed by atoms with van der Waals surface area (Å²) in [5.74, 6) is 0. The first kappa shape index (κ1) is 16.5. The average Bonchev–Trinajstić information content (AvgIpc) is 2.88. The molecule has 0 radical (unpaired) electrons. The second kappa shape index (κ2) is 6.52. The van der Waals surface area contributed by atoms with E-state index in [2.05, 4.69) is 16.5 Å². The Labute approximate surface area is 131 Å². The maximum Gasteiger partial charge on any atom is 0.242 e. The summed E-state index contributed by atoms with van der Waals surface area (Å²) < 4.78 is 27.5. The summed E-state index contributed by atoms with van der Waals surface area (Å²) in [5.41, 5.74) is 6.99. The Morgan fingerprint density at radius 1 is 1.48 bits per heavy atom. The number of likely N-dealkylation sites (N-methyl/N-ethyl adjacent to an activating group) is 1. The van der Waals surface area contributed by atoms with E-state index in [0.29, 0.717) is 12.2 Å². The van der Waals surface area contributed by atoms with Gasteiger partial charge in [-0.2, -0.15) is 0 Å². The van der Waals surface area contributed by atoms with Crippen molar-refractivity contribution in [3.63, 3.8) is 0 Å². The number of nitrogens with one attached hydrogen (secondary N) is 1. The Morgan fingerprint density at radius 3 is 2.86 bits per heavy atom. The molecule has 21 heavy (non-hydrogen) atoms. The van der Waals surface area contributed by atoms with Gasteiger partial charge in [-0.1, -0.05) is 18.5 Å². The third kappa shape index (κ3) is 3.69. The van der Waals surface area contributed by atoms with Gasteiger partial charge in [-0.05, 0) is 50.6 Å². The molecular weight excluding hydrogens is 310 g/mol. The van der Waals surface area contributed by atoms with Crippen molar-refractivity contribution >= 4 is 27.3 Å². The van der Waals surface area contributed by atoms with E-state index in [1.54, 1.807) is 13.0 Å². The molecule has 1 heterocycles. The summed E-state index contributed by atoms with van der Waals surface area (Å²) in [7, 11) is -3.64. The maximum atomic E-state index is 12.4. The number of likely N-dealkylation sites (tertiary alicyclic amines) is 1. The standard InChI is InChI=1S/C14H22ClN3O2S/c1-3-18-6-4-5-11(18)9-17-21(19,20)14-8-13(16)10(2)7-12(14)15/h7-8,11,17H,3-6,9,16H2,1-2H3. The summed E-state index contributed by atoms with van der Waals surface area (Å²) in [4.78, 5) is 2.33. The van der Waals surface area contributed by atoms with Crippen LogP contribution in [0.3, 0.4) is 0 Å². The summed E-state index contributed by atoms with van der Waals surface area (Å²) in [5, 5.41) is 0.202. The van der Waals surface area contributed by atoms with Crippen LogP contribution in [0.4, 0.5) is 5.69 Å². The van der Waals surface area contributed by atoms with E-state index < -0.39 is 10.0 Å². The van der Waals surface area contributed by atoms with Crippen LogP contribution in [0.1, 0.15) is 25.3 Å². The first-order valence-corrected chi connectivity index (χ1v) is 9.00. The molecule has 0 spiro atoms. The summed E-state index contributed by atoms with van der Waals surface area (Å²) in [6.45, 7) is 6.25. The smallest absolute Gasteiger partial charge is 0.242 e. The van der Waals surface area contributed by atoms with E-state index in [0.717, 1.165) is 31.5 Å². The fourth-order valence-corrected chi connectivity index (χ4v) is 4.39. The minimum atomic E-state index is -3.64. The largest absolute Gasteiger partial charge is 0.398 e. The minimum absolute atomic E-state index is 0.0494. The Bertz CT molecular complexity index is 619. The zero-order valence-corrected chi connectivity index (χ0v) is 14.0. The number of halogens is 1. The molecule has 0 amide bonds. The number of nitrogens with zero attached hydrogens (tertiary/aromatic N) is 1. The number of rotatable bonds is 5. The molecule has 0 aromatic heterocycles. The predicted octanol–water partition coefficient (Wildman–Crippen LogP) is 1.99. The first-order chi connectivity index (χ1) is 9.85. The van der Waals surface area contributed by atoms with Crippen LogP contribution in [-0.4, -0.2) is 39.0 Å². The van der Waals surface area contributed by atoms with Crippen LogP contribution >= 0.6 is 11.6 Å². The Hall–Kier alpha value is -0.820. The van der Waals surface area contributed by atoms with E-state index in [-0.39, 0.29) is 16.0 Å². The van der Waals surface area contributed by atoms with Gasteiger partial charge in [0.15, 0.2) is 0 Å². The minimum Gasteiger partial charge on any atom is -0.398 e. The quantitative estimate of drug-likeness (QED) is 0.809. The van der Waals surface area contributed by atoms with Gasteiger partial charge in [-0.15, -0.1) is 0 Å². The van der Waals surface area contributed by atoms with Gasteiger partial charge in [0, 0.05) is 18.3 Å². The summed E-state index contributed by atoms with van der Waals surface area (Å²) in [6.07, 6.45) is 2.12. The van der Waals surface area contributed by atoms with Crippen LogP contribution in [0.2, 0.25) is 5.02 Å². The molecule has 1 aliphatic rings. The van der Waals surface area contributed by atoms with Crippen LogP contribution < -0.4 is 10.5 Å². The van der Waals surface area contributed by atoms with E-state index in [1.165, 1.54) is 6.07 Å². The van der Waals surface area contributed by atoms with Gasteiger partial charge in [0.2, 0.25) is 10.0 Å². The van der Waals surface area contributed by atoms with E-state index >= 15 is 0 Å². The molecule has 118 valence electrons. The topological polar surface area (TPSA) is 75.4 Å². The predicted molar refractivity (Wildman–Crippen MR) is 86.1 cm³/mol. The number of benzene rings is 1. The molecule has 0 saturated carbocycles. The molecule has 0 aliphatic carbocycles. The van der Waals surface area contributed by atoms with Gasteiger partial charge < -0.3 is 5.73 Å². The van der Waals surface area contributed by atoms with Crippen LogP contribution in [0.5, 0.6) is 0 Å². The first-order valence-electron chi connectivity index (χ1n) is 7.14. The highest BCUT2D eigenvalue weighted by Gasteiger charge is 2.26. The third-order valence-electron chi connectivity index (χ3n) is 4.02. The van der Waals surface area contributed by atoms with E-state index in [1.807, 2.05) is 0 Å². The van der Waals surface area contributed by atoms with Gasteiger partial charge >= 0.3 is 0 Å². The van der Waals surface area contributed by atoms with Crippen LogP contribution in [-0.2, 0) is 10.0 Å². The second-order valence-corrected chi connectivity index (χ2v) is 7.56. The summed E-state index contributed by atoms with van der Waals surface area (Å²) >= 11 is 6.05. The highest BCUT2D eigenvalue weighted by molar-refractivity contribution is 7.89. The fraction of sp³-hybridized carbons (Fsp3) is 0.571. The number of aryl methyl sites for hydroxylation is 1. The molecule has 1 saturated heterocycles. The van der Waals surface area contributed by atoms with Crippen LogP contribution in [0, 0.1) is 6.92 Å². The average molecular weight is 332 g/mol. The molecular formula is C14H22ClN3O2S. The molecule has 1 aliphatic heterocycles. The van der Waals surface area contributed by atoms with Gasteiger partial charge in [0.1, 0.15) is 4.90 Å². The molecule has 1 unspecified atom stereocenters. The number of hydrogen-bond acceptors (Lipinski definition) is 4. The monoisotopic (exact) mass is 331 g/mol.